The number of rotatable bonds is 3. The summed E-state index contributed by atoms with van der Waals surface area (Å²) in [6.45, 7) is 3.07. The second kappa shape index (κ2) is 5.90. The maximum Gasteiger partial charge on any atom is 0.419 e. The van der Waals surface area contributed by atoms with Crippen molar-refractivity contribution in [1.29, 1.82) is 0 Å². The molecule has 1 aromatic rings. The first-order valence-corrected chi connectivity index (χ1v) is 6.61. The molecule has 2 N–H and O–H groups in total. The minimum absolute atomic E-state index is 0.111. The fourth-order valence-corrected chi connectivity index (χ4v) is 2.43. The number of hydrogen-bond donors (Lipinski definition) is 2. The predicted molar refractivity (Wildman–Crippen MR) is 68.2 cm³/mol. The van der Waals surface area contributed by atoms with E-state index in [0.29, 0.717) is 25.8 Å². The fourth-order valence-electron chi connectivity index (χ4n) is 2.43. The van der Waals surface area contributed by atoms with Crippen molar-refractivity contribution >= 4 is 0 Å². The summed E-state index contributed by atoms with van der Waals surface area (Å²) in [4.78, 5) is 0. The van der Waals surface area contributed by atoms with E-state index in [1.807, 2.05) is 0 Å². The molecule has 1 aliphatic rings. The Kier molecular flexibility index (Phi) is 4.55. The first kappa shape index (κ1) is 16.2. The van der Waals surface area contributed by atoms with Crippen LogP contribution in [0.5, 0.6) is 0 Å². The van der Waals surface area contributed by atoms with Gasteiger partial charge in [0.25, 0.3) is 0 Å². The van der Waals surface area contributed by atoms with E-state index in [4.69, 9.17) is 4.74 Å². The number of alkyl halides is 3. The van der Waals surface area contributed by atoms with Crippen LogP contribution in [-0.4, -0.2) is 30.9 Å². The van der Waals surface area contributed by atoms with Crippen LogP contribution in [0.1, 0.15) is 24.5 Å². The Balaban J connectivity index is 2.17. The molecule has 1 heterocycles. The number of nitrogens with one attached hydrogen (secondary N) is 1. The highest BCUT2D eigenvalue weighted by atomic mass is 19.4. The summed E-state index contributed by atoms with van der Waals surface area (Å²) in [7, 11) is 0. The Hall–Kier alpha value is -1.18. The molecular weight excluding hydrogens is 290 g/mol. The van der Waals surface area contributed by atoms with Crippen LogP contribution in [-0.2, 0) is 16.5 Å². The van der Waals surface area contributed by atoms with Crippen molar-refractivity contribution in [3.63, 3.8) is 0 Å². The van der Waals surface area contributed by atoms with Gasteiger partial charge in [-0.05, 0) is 31.0 Å². The third kappa shape index (κ3) is 3.93. The van der Waals surface area contributed by atoms with E-state index in [1.54, 1.807) is 0 Å². The Morgan fingerprint density at radius 2 is 2.10 bits per heavy atom. The normalized spacial score (nSPS) is 22.9. The molecule has 1 aliphatic heterocycles. The predicted octanol–water partition coefficient (Wildman–Crippen LogP) is 2.43. The Bertz CT molecular complexity index is 496. The van der Waals surface area contributed by atoms with Gasteiger partial charge in [-0.25, -0.2) is 4.39 Å². The minimum atomic E-state index is -4.74. The molecule has 1 fully saturated rings. The molecule has 0 amide bonds. The lowest BCUT2D eigenvalue weighted by atomic mass is 9.88. The zero-order valence-corrected chi connectivity index (χ0v) is 11.5. The summed E-state index contributed by atoms with van der Waals surface area (Å²) in [5, 5.41) is 13.5. The van der Waals surface area contributed by atoms with E-state index in [9.17, 15) is 22.7 Å². The van der Waals surface area contributed by atoms with Crippen LogP contribution in [0, 0.1) is 5.82 Å². The van der Waals surface area contributed by atoms with Crippen molar-refractivity contribution in [3.8, 4) is 0 Å². The number of ether oxygens (including phenoxy) is 1. The summed E-state index contributed by atoms with van der Waals surface area (Å²) >= 11 is 0. The molecule has 0 saturated carbocycles. The van der Waals surface area contributed by atoms with Crippen molar-refractivity contribution in [2.75, 3.05) is 19.8 Å². The second-order valence-electron chi connectivity index (χ2n) is 5.40. The second-order valence-corrected chi connectivity index (χ2v) is 5.40. The quantitative estimate of drug-likeness (QED) is 0.843. The third-order valence-corrected chi connectivity index (χ3v) is 3.54. The third-order valence-electron chi connectivity index (χ3n) is 3.54. The summed E-state index contributed by atoms with van der Waals surface area (Å²) in [6, 6.07) is 2.38. The maximum absolute atomic E-state index is 13.6. The van der Waals surface area contributed by atoms with Gasteiger partial charge in [0.15, 0.2) is 0 Å². The van der Waals surface area contributed by atoms with Gasteiger partial charge in [0.1, 0.15) is 5.82 Å². The molecule has 1 aromatic carbocycles. The molecule has 1 saturated heterocycles. The number of benzene rings is 1. The van der Waals surface area contributed by atoms with Crippen LogP contribution in [0.3, 0.4) is 0 Å². The highest BCUT2D eigenvalue weighted by Gasteiger charge is 2.36. The lowest BCUT2D eigenvalue weighted by molar-refractivity contribution is -0.140. The van der Waals surface area contributed by atoms with Gasteiger partial charge >= 0.3 is 6.18 Å². The van der Waals surface area contributed by atoms with E-state index < -0.39 is 23.2 Å². The SMILES string of the molecule is CC(O)(CC1COCCN1)c1ccc(C(F)(F)F)c(F)c1. The van der Waals surface area contributed by atoms with Crippen molar-refractivity contribution in [3.05, 3.63) is 35.1 Å². The Morgan fingerprint density at radius 1 is 1.38 bits per heavy atom. The van der Waals surface area contributed by atoms with Gasteiger partial charge in [-0.15, -0.1) is 0 Å². The van der Waals surface area contributed by atoms with E-state index in [0.717, 1.165) is 12.1 Å². The highest BCUT2D eigenvalue weighted by molar-refractivity contribution is 5.30. The molecule has 0 aromatic heterocycles. The lowest BCUT2D eigenvalue weighted by Crippen LogP contribution is -2.45. The number of hydrogen-bond acceptors (Lipinski definition) is 3. The molecule has 2 unspecified atom stereocenters. The van der Waals surface area contributed by atoms with Crippen LogP contribution >= 0.6 is 0 Å². The average molecular weight is 307 g/mol. The van der Waals surface area contributed by atoms with Gasteiger partial charge in [-0.2, -0.15) is 13.2 Å². The first-order chi connectivity index (χ1) is 9.70. The summed E-state index contributed by atoms with van der Waals surface area (Å²) in [5.41, 5.74) is -2.66. The van der Waals surface area contributed by atoms with Gasteiger partial charge in [0, 0.05) is 12.6 Å². The Morgan fingerprint density at radius 3 is 2.62 bits per heavy atom. The van der Waals surface area contributed by atoms with Crippen LogP contribution in [0.15, 0.2) is 18.2 Å². The molecule has 118 valence electrons. The lowest BCUT2D eigenvalue weighted by Gasteiger charge is -2.32. The van der Waals surface area contributed by atoms with E-state index in [1.165, 1.54) is 6.92 Å². The Labute approximate surface area is 119 Å². The summed E-state index contributed by atoms with van der Waals surface area (Å²) in [6.07, 6.45) is -4.52. The molecule has 7 heteroatoms. The number of halogens is 4. The molecule has 2 rings (SSSR count). The van der Waals surface area contributed by atoms with E-state index in [2.05, 4.69) is 5.32 Å². The molecule has 0 spiro atoms. The van der Waals surface area contributed by atoms with Crippen molar-refractivity contribution in [2.45, 2.75) is 31.2 Å². The first-order valence-electron chi connectivity index (χ1n) is 6.61. The van der Waals surface area contributed by atoms with E-state index in [-0.39, 0.29) is 18.0 Å². The van der Waals surface area contributed by atoms with Crippen LogP contribution < -0.4 is 5.32 Å². The van der Waals surface area contributed by atoms with E-state index >= 15 is 0 Å². The monoisotopic (exact) mass is 307 g/mol. The average Bonchev–Trinajstić information content (AvgIpc) is 2.37. The molecule has 2 atom stereocenters. The molecular formula is C14H17F4NO2. The minimum Gasteiger partial charge on any atom is -0.385 e. The fraction of sp³-hybridized carbons (Fsp3) is 0.571. The van der Waals surface area contributed by atoms with Gasteiger partial charge < -0.3 is 15.2 Å². The molecule has 3 nitrogen and oxygen atoms in total. The molecule has 0 radical (unpaired) electrons. The largest absolute Gasteiger partial charge is 0.419 e. The zero-order valence-electron chi connectivity index (χ0n) is 11.5. The van der Waals surface area contributed by atoms with Crippen molar-refractivity contribution in [2.24, 2.45) is 0 Å². The smallest absolute Gasteiger partial charge is 0.385 e. The number of morpholine rings is 1. The standard InChI is InChI=1S/C14H17F4NO2/c1-13(20,7-10-8-21-5-4-19-10)9-2-3-11(12(15)6-9)14(16,17)18/h2-3,6,10,19-20H,4-5,7-8H2,1H3. The molecule has 21 heavy (non-hydrogen) atoms. The summed E-state index contributed by atoms with van der Waals surface area (Å²) in [5.74, 6) is -1.38. The zero-order chi connectivity index (χ0) is 15.7. The van der Waals surface area contributed by atoms with Crippen LogP contribution in [0.2, 0.25) is 0 Å². The van der Waals surface area contributed by atoms with Gasteiger partial charge in [0.2, 0.25) is 0 Å². The molecule has 0 aliphatic carbocycles. The van der Waals surface area contributed by atoms with Gasteiger partial charge in [0.05, 0.1) is 24.4 Å². The van der Waals surface area contributed by atoms with Gasteiger partial charge in [-0.3, -0.25) is 0 Å². The van der Waals surface area contributed by atoms with Gasteiger partial charge in [-0.1, -0.05) is 6.07 Å². The maximum atomic E-state index is 13.6. The van der Waals surface area contributed by atoms with Crippen molar-refractivity contribution < 1.29 is 27.4 Å². The molecule has 0 bridgehead atoms. The van der Waals surface area contributed by atoms with Crippen molar-refractivity contribution in [1.82, 2.24) is 5.32 Å². The topological polar surface area (TPSA) is 41.5 Å². The summed E-state index contributed by atoms with van der Waals surface area (Å²) < 4.78 is 56.4. The van der Waals surface area contributed by atoms with Crippen LogP contribution in [0.25, 0.3) is 0 Å². The highest BCUT2D eigenvalue weighted by Crippen LogP contribution is 2.34. The number of aliphatic hydroxyl groups is 1. The van der Waals surface area contributed by atoms with Crippen LogP contribution in [0.4, 0.5) is 17.6 Å².